The van der Waals surface area contributed by atoms with Gasteiger partial charge in [-0.2, -0.15) is 13.2 Å². The molecule has 0 bridgehead atoms. The number of benzene rings is 1. The summed E-state index contributed by atoms with van der Waals surface area (Å²) in [6.07, 6.45) is -8.46. The van der Waals surface area contributed by atoms with Crippen LogP contribution in [0.2, 0.25) is 0 Å². The number of rotatable bonds is 4. The van der Waals surface area contributed by atoms with Crippen molar-refractivity contribution in [2.24, 2.45) is 0 Å². The predicted octanol–water partition coefficient (Wildman–Crippen LogP) is 1.37. The molecule has 0 aliphatic heterocycles. The molecule has 1 rings (SSSR count). The fourth-order valence-electron chi connectivity index (χ4n) is 1.60. The highest BCUT2D eigenvalue weighted by Crippen LogP contribution is 2.35. The fraction of sp³-hybridized carbons (Fsp3) is 0.417. The highest BCUT2D eigenvalue weighted by Gasteiger charge is 2.36. The van der Waals surface area contributed by atoms with Crippen molar-refractivity contribution in [3.63, 3.8) is 0 Å². The van der Waals surface area contributed by atoms with Gasteiger partial charge in [-0.05, 0) is 23.8 Å². The summed E-state index contributed by atoms with van der Waals surface area (Å²) in [6.45, 7) is 0.687. The Labute approximate surface area is 112 Å². The summed E-state index contributed by atoms with van der Waals surface area (Å²) in [6, 6.07) is 1.60. The Balaban J connectivity index is 3.04. The Morgan fingerprint density at radius 1 is 1.35 bits per heavy atom. The van der Waals surface area contributed by atoms with Crippen molar-refractivity contribution in [3.8, 4) is 0 Å². The molecule has 0 aromatic heterocycles. The van der Waals surface area contributed by atoms with Crippen LogP contribution in [-0.4, -0.2) is 28.8 Å². The Morgan fingerprint density at radius 2 is 1.95 bits per heavy atom. The van der Waals surface area contributed by atoms with Gasteiger partial charge in [-0.3, -0.25) is 4.79 Å². The molecule has 112 valence electrons. The summed E-state index contributed by atoms with van der Waals surface area (Å²) in [5.41, 5.74) is -2.02. The van der Waals surface area contributed by atoms with Crippen LogP contribution in [0.4, 0.5) is 17.6 Å². The molecule has 0 spiro atoms. The van der Waals surface area contributed by atoms with Crippen LogP contribution in [0, 0.1) is 5.82 Å². The summed E-state index contributed by atoms with van der Waals surface area (Å²) in [5.74, 6) is -1.50. The first-order chi connectivity index (χ1) is 9.12. The number of carbonyl (C=O) groups is 1. The van der Waals surface area contributed by atoms with Crippen LogP contribution in [0.5, 0.6) is 0 Å². The topological polar surface area (TPSA) is 69.6 Å². The van der Waals surface area contributed by atoms with E-state index in [4.69, 9.17) is 0 Å². The quantitative estimate of drug-likeness (QED) is 0.735. The van der Waals surface area contributed by atoms with Gasteiger partial charge in [-0.25, -0.2) is 4.39 Å². The van der Waals surface area contributed by atoms with Crippen LogP contribution in [-0.2, 0) is 11.0 Å². The molecule has 4 nitrogen and oxygen atoms in total. The number of hydrogen-bond acceptors (Lipinski definition) is 3. The van der Waals surface area contributed by atoms with Gasteiger partial charge in [-0.1, -0.05) is 0 Å². The van der Waals surface area contributed by atoms with Crippen LogP contribution in [0.1, 0.15) is 24.2 Å². The Morgan fingerprint density at radius 3 is 2.45 bits per heavy atom. The maximum atomic E-state index is 13.0. The third kappa shape index (κ3) is 4.17. The van der Waals surface area contributed by atoms with Gasteiger partial charge in [0.05, 0.1) is 5.56 Å². The van der Waals surface area contributed by atoms with E-state index in [0.717, 1.165) is 6.92 Å². The third-order valence-electron chi connectivity index (χ3n) is 2.56. The molecule has 0 aliphatic rings. The van der Waals surface area contributed by atoms with Gasteiger partial charge in [-0.15, -0.1) is 0 Å². The van der Waals surface area contributed by atoms with Gasteiger partial charge in [0.25, 0.3) is 0 Å². The molecule has 0 aliphatic carbocycles. The third-order valence-corrected chi connectivity index (χ3v) is 2.56. The second-order valence-corrected chi connectivity index (χ2v) is 4.18. The SMILES string of the molecule is CC(=O)NCC(O)C(O)c1cc(F)ccc1C(F)(F)F. The van der Waals surface area contributed by atoms with E-state index in [0.29, 0.717) is 18.2 Å². The molecule has 1 aromatic carbocycles. The monoisotopic (exact) mass is 295 g/mol. The second-order valence-electron chi connectivity index (χ2n) is 4.18. The number of nitrogens with one attached hydrogen (secondary N) is 1. The molecule has 20 heavy (non-hydrogen) atoms. The lowest BCUT2D eigenvalue weighted by atomic mass is 9.98. The van der Waals surface area contributed by atoms with Crippen molar-refractivity contribution in [3.05, 3.63) is 35.1 Å². The van der Waals surface area contributed by atoms with E-state index in [2.05, 4.69) is 5.32 Å². The zero-order chi connectivity index (χ0) is 15.5. The molecule has 8 heteroatoms. The van der Waals surface area contributed by atoms with E-state index in [-0.39, 0.29) is 0 Å². The van der Waals surface area contributed by atoms with Crippen molar-refractivity contribution >= 4 is 5.91 Å². The van der Waals surface area contributed by atoms with Crippen molar-refractivity contribution < 1.29 is 32.6 Å². The van der Waals surface area contributed by atoms with Crippen LogP contribution >= 0.6 is 0 Å². The van der Waals surface area contributed by atoms with Gasteiger partial charge in [0.2, 0.25) is 5.91 Å². The largest absolute Gasteiger partial charge is 0.416 e. The molecule has 0 heterocycles. The lowest BCUT2D eigenvalue weighted by molar-refractivity contribution is -0.140. The van der Waals surface area contributed by atoms with Gasteiger partial charge in [0.15, 0.2) is 0 Å². The van der Waals surface area contributed by atoms with Crippen LogP contribution in [0.25, 0.3) is 0 Å². The molecule has 0 saturated heterocycles. The number of halogens is 4. The highest BCUT2D eigenvalue weighted by atomic mass is 19.4. The van der Waals surface area contributed by atoms with Gasteiger partial charge in [0, 0.05) is 13.5 Å². The minimum atomic E-state index is -4.79. The summed E-state index contributed by atoms with van der Waals surface area (Å²) < 4.78 is 51.2. The van der Waals surface area contributed by atoms with Crippen LogP contribution < -0.4 is 5.32 Å². The predicted molar refractivity (Wildman–Crippen MR) is 61.1 cm³/mol. The normalized spacial score (nSPS) is 14.8. The number of alkyl halides is 3. The van der Waals surface area contributed by atoms with E-state index >= 15 is 0 Å². The second kappa shape index (κ2) is 6.19. The van der Waals surface area contributed by atoms with E-state index in [1.807, 2.05) is 0 Å². The highest BCUT2D eigenvalue weighted by molar-refractivity contribution is 5.72. The number of hydrogen-bond donors (Lipinski definition) is 3. The van der Waals surface area contributed by atoms with E-state index in [9.17, 15) is 32.6 Å². The van der Waals surface area contributed by atoms with E-state index in [1.165, 1.54) is 0 Å². The number of aliphatic hydroxyl groups is 2. The molecule has 2 atom stereocenters. The minimum Gasteiger partial charge on any atom is -0.388 e. The Kier molecular flexibility index (Phi) is 5.07. The number of carbonyl (C=O) groups excluding carboxylic acids is 1. The number of amides is 1. The molecule has 0 fully saturated rings. The van der Waals surface area contributed by atoms with Gasteiger partial charge < -0.3 is 15.5 Å². The molecular formula is C12H13F4NO3. The first-order valence-electron chi connectivity index (χ1n) is 5.60. The lowest BCUT2D eigenvalue weighted by Gasteiger charge is -2.22. The summed E-state index contributed by atoms with van der Waals surface area (Å²) in [7, 11) is 0. The first kappa shape index (κ1) is 16.4. The Hall–Kier alpha value is -1.67. The first-order valence-corrected chi connectivity index (χ1v) is 5.60. The lowest BCUT2D eigenvalue weighted by Crippen LogP contribution is -2.35. The van der Waals surface area contributed by atoms with Crippen molar-refractivity contribution in [1.29, 1.82) is 0 Å². The maximum Gasteiger partial charge on any atom is 0.416 e. The maximum absolute atomic E-state index is 13.0. The van der Waals surface area contributed by atoms with Crippen molar-refractivity contribution in [1.82, 2.24) is 5.32 Å². The molecule has 3 N–H and O–H groups in total. The number of aliphatic hydroxyl groups excluding tert-OH is 2. The molecule has 0 saturated carbocycles. The van der Waals surface area contributed by atoms with Gasteiger partial charge >= 0.3 is 6.18 Å². The average Bonchev–Trinajstić information content (AvgIpc) is 2.33. The smallest absolute Gasteiger partial charge is 0.388 e. The van der Waals surface area contributed by atoms with Crippen LogP contribution in [0.3, 0.4) is 0 Å². The molecule has 0 radical (unpaired) electrons. The van der Waals surface area contributed by atoms with E-state index in [1.54, 1.807) is 0 Å². The summed E-state index contributed by atoms with van der Waals surface area (Å²) in [5, 5.41) is 21.4. The summed E-state index contributed by atoms with van der Waals surface area (Å²) in [4.78, 5) is 10.6. The molecule has 1 aromatic rings. The molecule has 2 unspecified atom stereocenters. The fourth-order valence-corrected chi connectivity index (χ4v) is 1.60. The Bertz CT molecular complexity index is 490. The summed E-state index contributed by atoms with van der Waals surface area (Å²) >= 11 is 0. The zero-order valence-corrected chi connectivity index (χ0v) is 10.4. The van der Waals surface area contributed by atoms with Crippen molar-refractivity contribution in [2.75, 3.05) is 6.54 Å². The van der Waals surface area contributed by atoms with Crippen molar-refractivity contribution in [2.45, 2.75) is 25.3 Å². The average molecular weight is 295 g/mol. The van der Waals surface area contributed by atoms with E-state index < -0.39 is 47.8 Å². The van der Waals surface area contributed by atoms with Gasteiger partial charge in [0.1, 0.15) is 18.0 Å². The standard InChI is InChI=1S/C12H13F4NO3/c1-6(18)17-5-10(19)11(20)8-4-7(13)2-3-9(8)12(14,15)16/h2-4,10-11,19-20H,5H2,1H3,(H,17,18). The minimum absolute atomic E-state index is 0.454. The molecular weight excluding hydrogens is 282 g/mol. The van der Waals surface area contributed by atoms with Crippen LogP contribution in [0.15, 0.2) is 18.2 Å². The molecule has 1 amide bonds. The zero-order valence-electron chi connectivity index (χ0n) is 10.4.